The fourth-order valence-electron chi connectivity index (χ4n) is 1.96. The van der Waals surface area contributed by atoms with Gasteiger partial charge in [0.1, 0.15) is 17.7 Å². The van der Waals surface area contributed by atoms with E-state index in [1.165, 1.54) is 6.07 Å². The topological polar surface area (TPSA) is 32.3 Å². The quantitative estimate of drug-likeness (QED) is 0.874. The minimum absolute atomic E-state index is 0.0281. The van der Waals surface area contributed by atoms with E-state index >= 15 is 0 Å². The molecule has 106 valence electrons. The predicted octanol–water partition coefficient (Wildman–Crippen LogP) is 4.18. The zero-order valence-electron chi connectivity index (χ0n) is 10.8. The Balaban J connectivity index is 2.11. The number of aryl methyl sites for hydroxylation is 1. The van der Waals surface area contributed by atoms with Crippen LogP contribution in [-0.4, -0.2) is 11.7 Å². The highest BCUT2D eigenvalue weighted by atomic mass is 79.9. The van der Waals surface area contributed by atoms with Gasteiger partial charge in [-0.15, -0.1) is 0 Å². The molecule has 0 heterocycles. The van der Waals surface area contributed by atoms with Gasteiger partial charge < -0.3 is 10.4 Å². The number of aliphatic hydroxyl groups is 1. The molecule has 0 saturated carbocycles. The predicted molar refractivity (Wildman–Crippen MR) is 78.7 cm³/mol. The van der Waals surface area contributed by atoms with Crippen LogP contribution in [0.3, 0.4) is 0 Å². The van der Waals surface area contributed by atoms with Gasteiger partial charge in [0.25, 0.3) is 0 Å². The molecule has 2 aromatic carbocycles. The number of anilines is 1. The maximum Gasteiger partial charge on any atom is 0.132 e. The van der Waals surface area contributed by atoms with E-state index in [1.807, 2.05) is 25.1 Å². The van der Waals surface area contributed by atoms with Gasteiger partial charge in [-0.1, -0.05) is 22.0 Å². The van der Waals surface area contributed by atoms with E-state index in [1.54, 1.807) is 0 Å². The molecule has 5 heteroatoms. The lowest BCUT2D eigenvalue weighted by atomic mass is 10.1. The minimum Gasteiger partial charge on any atom is -0.386 e. The summed E-state index contributed by atoms with van der Waals surface area (Å²) in [7, 11) is 0. The molecule has 0 amide bonds. The van der Waals surface area contributed by atoms with E-state index in [-0.39, 0.29) is 12.1 Å². The Kier molecular flexibility index (Phi) is 4.73. The van der Waals surface area contributed by atoms with E-state index in [0.29, 0.717) is 0 Å². The highest BCUT2D eigenvalue weighted by Crippen LogP contribution is 2.23. The van der Waals surface area contributed by atoms with Crippen LogP contribution in [0.5, 0.6) is 0 Å². The normalized spacial score (nSPS) is 12.2. The van der Waals surface area contributed by atoms with Crippen LogP contribution in [0.15, 0.2) is 40.9 Å². The molecule has 0 radical (unpaired) electrons. The largest absolute Gasteiger partial charge is 0.386 e. The highest BCUT2D eigenvalue weighted by molar-refractivity contribution is 9.10. The summed E-state index contributed by atoms with van der Waals surface area (Å²) in [6.07, 6.45) is -1.25. The first-order chi connectivity index (χ1) is 9.49. The first kappa shape index (κ1) is 14.9. The number of hydrogen-bond donors (Lipinski definition) is 2. The van der Waals surface area contributed by atoms with E-state index in [4.69, 9.17) is 0 Å². The Labute approximate surface area is 124 Å². The van der Waals surface area contributed by atoms with Gasteiger partial charge in [-0.05, 0) is 42.8 Å². The van der Waals surface area contributed by atoms with Crippen molar-refractivity contribution in [3.8, 4) is 0 Å². The van der Waals surface area contributed by atoms with Gasteiger partial charge in [0.15, 0.2) is 0 Å². The van der Waals surface area contributed by atoms with Gasteiger partial charge >= 0.3 is 0 Å². The fourth-order valence-corrected chi connectivity index (χ4v) is 2.44. The van der Waals surface area contributed by atoms with Crippen LogP contribution >= 0.6 is 15.9 Å². The molecule has 0 spiro atoms. The third kappa shape index (κ3) is 3.35. The minimum atomic E-state index is -1.25. The average molecular weight is 342 g/mol. The third-order valence-corrected chi connectivity index (χ3v) is 3.50. The van der Waals surface area contributed by atoms with Crippen LogP contribution in [0.2, 0.25) is 0 Å². The summed E-state index contributed by atoms with van der Waals surface area (Å²) in [4.78, 5) is 0. The molecule has 0 aliphatic heterocycles. The number of halogens is 3. The number of benzene rings is 2. The summed E-state index contributed by atoms with van der Waals surface area (Å²) in [5, 5.41) is 12.9. The van der Waals surface area contributed by atoms with Crippen LogP contribution in [0, 0.1) is 18.6 Å². The molecule has 0 fully saturated rings. The molecular weight excluding hydrogens is 328 g/mol. The smallest absolute Gasteiger partial charge is 0.132 e. The number of hydrogen-bond acceptors (Lipinski definition) is 2. The molecule has 2 aromatic rings. The molecule has 0 bridgehead atoms. The molecule has 2 rings (SSSR count). The molecule has 0 aliphatic carbocycles. The maximum atomic E-state index is 13.5. The van der Waals surface area contributed by atoms with Crippen LogP contribution < -0.4 is 5.32 Å². The first-order valence-electron chi connectivity index (χ1n) is 6.11. The molecule has 20 heavy (non-hydrogen) atoms. The first-order valence-corrected chi connectivity index (χ1v) is 6.90. The second kappa shape index (κ2) is 6.33. The van der Waals surface area contributed by atoms with E-state index in [0.717, 1.165) is 27.9 Å². The second-order valence-corrected chi connectivity index (χ2v) is 5.41. The number of rotatable bonds is 4. The van der Waals surface area contributed by atoms with Crippen LogP contribution in [0.4, 0.5) is 14.5 Å². The summed E-state index contributed by atoms with van der Waals surface area (Å²) in [6, 6.07) is 9.14. The average Bonchev–Trinajstić information content (AvgIpc) is 2.37. The number of nitrogens with one attached hydrogen (secondary N) is 1. The van der Waals surface area contributed by atoms with Crippen LogP contribution in [0.1, 0.15) is 17.2 Å². The van der Waals surface area contributed by atoms with Crippen molar-refractivity contribution in [3.05, 3.63) is 63.6 Å². The lowest BCUT2D eigenvalue weighted by Gasteiger charge is -2.16. The van der Waals surface area contributed by atoms with Crippen LogP contribution in [0.25, 0.3) is 0 Å². The molecule has 0 saturated heterocycles. The summed E-state index contributed by atoms with van der Waals surface area (Å²) >= 11 is 3.36. The Bertz CT molecular complexity index is 599. The van der Waals surface area contributed by atoms with Gasteiger partial charge in [0.2, 0.25) is 0 Å². The van der Waals surface area contributed by atoms with Crippen molar-refractivity contribution in [1.82, 2.24) is 0 Å². The Morgan fingerprint density at radius 3 is 2.45 bits per heavy atom. The second-order valence-electron chi connectivity index (χ2n) is 4.49. The summed E-state index contributed by atoms with van der Waals surface area (Å²) in [5.74, 6) is -1.49. The highest BCUT2D eigenvalue weighted by Gasteiger charge is 2.17. The molecular formula is C15H14BrF2NO. The monoisotopic (exact) mass is 341 g/mol. The van der Waals surface area contributed by atoms with Crippen molar-refractivity contribution in [1.29, 1.82) is 0 Å². The van der Waals surface area contributed by atoms with Crippen molar-refractivity contribution >= 4 is 21.6 Å². The van der Waals surface area contributed by atoms with Crippen LogP contribution in [-0.2, 0) is 0 Å². The van der Waals surface area contributed by atoms with Crippen molar-refractivity contribution in [3.63, 3.8) is 0 Å². The molecule has 1 unspecified atom stereocenters. The SMILES string of the molecule is Cc1cc(Br)ccc1NCC(O)c1c(F)cccc1F. The molecule has 2 N–H and O–H groups in total. The Morgan fingerprint density at radius 2 is 1.85 bits per heavy atom. The fraction of sp³-hybridized carbons (Fsp3) is 0.200. The summed E-state index contributed by atoms with van der Waals surface area (Å²) in [5.41, 5.74) is 1.47. The lowest BCUT2D eigenvalue weighted by molar-refractivity contribution is 0.181. The van der Waals surface area contributed by atoms with Crippen molar-refractivity contribution in [2.75, 3.05) is 11.9 Å². The molecule has 0 aliphatic rings. The summed E-state index contributed by atoms with van der Waals surface area (Å²) in [6.45, 7) is 1.93. The zero-order valence-corrected chi connectivity index (χ0v) is 12.4. The van der Waals surface area contributed by atoms with E-state index < -0.39 is 17.7 Å². The summed E-state index contributed by atoms with van der Waals surface area (Å²) < 4.78 is 28.0. The third-order valence-electron chi connectivity index (χ3n) is 3.01. The Morgan fingerprint density at radius 1 is 1.20 bits per heavy atom. The zero-order chi connectivity index (χ0) is 14.7. The number of aliphatic hydroxyl groups excluding tert-OH is 1. The van der Waals surface area contributed by atoms with Gasteiger partial charge in [0, 0.05) is 16.7 Å². The van der Waals surface area contributed by atoms with Gasteiger partial charge in [0.05, 0.1) is 5.56 Å². The van der Waals surface area contributed by atoms with Crippen molar-refractivity contribution < 1.29 is 13.9 Å². The maximum absolute atomic E-state index is 13.5. The lowest BCUT2D eigenvalue weighted by Crippen LogP contribution is -2.15. The van der Waals surface area contributed by atoms with Gasteiger partial charge in [-0.2, -0.15) is 0 Å². The van der Waals surface area contributed by atoms with E-state index in [2.05, 4.69) is 21.2 Å². The standard InChI is InChI=1S/C15H14BrF2NO/c1-9-7-10(16)5-6-13(9)19-8-14(20)15-11(17)3-2-4-12(15)18/h2-7,14,19-20H,8H2,1H3. The van der Waals surface area contributed by atoms with Crippen molar-refractivity contribution in [2.45, 2.75) is 13.0 Å². The van der Waals surface area contributed by atoms with Gasteiger partial charge in [-0.3, -0.25) is 0 Å². The van der Waals surface area contributed by atoms with Crippen molar-refractivity contribution in [2.24, 2.45) is 0 Å². The molecule has 1 atom stereocenters. The molecule has 0 aromatic heterocycles. The van der Waals surface area contributed by atoms with E-state index in [9.17, 15) is 13.9 Å². The Hall–Kier alpha value is -1.46. The van der Waals surface area contributed by atoms with Gasteiger partial charge in [-0.25, -0.2) is 8.78 Å². The molecule has 2 nitrogen and oxygen atoms in total.